The van der Waals surface area contributed by atoms with Crippen molar-refractivity contribution in [1.29, 1.82) is 0 Å². The number of likely N-dealkylation sites (tertiary alicyclic amines) is 1. The molecule has 32 heavy (non-hydrogen) atoms. The lowest BCUT2D eigenvalue weighted by molar-refractivity contribution is -0.129. The van der Waals surface area contributed by atoms with E-state index in [4.69, 9.17) is 0 Å². The Morgan fingerprint density at radius 3 is 2.62 bits per heavy atom. The van der Waals surface area contributed by atoms with Crippen molar-refractivity contribution in [2.75, 3.05) is 28.6 Å². The lowest BCUT2D eigenvalue weighted by atomic mass is 10.1. The molecule has 0 bridgehead atoms. The number of aryl methyl sites for hydroxylation is 1. The van der Waals surface area contributed by atoms with E-state index in [0.29, 0.717) is 29.2 Å². The zero-order chi connectivity index (χ0) is 22.6. The van der Waals surface area contributed by atoms with Crippen LogP contribution in [0.2, 0.25) is 0 Å². The van der Waals surface area contributed by atoms with Crippen LogP contribution in [0.25, 0.3) is 0 Å². The van der Waals surface area contributed by atoms with Crippen LogP contribution >= 0.6 is 0 Å². The van der Waals surface area contributed by atoms with E-state index in [9.17, 15) is 18.4 Å². The Balaban J connectivity index is 1.32. The molecule has 3 aliphatic rings. The van der Waals surface area contributed by atoms with Gasteiger partial charge in [-0.2, -0.15) is 0 Å². The van der Waals surface area contributed by atoms with Crippen molar-refractivity contribution in [2.24, 2.45) is 0 Å². The third-order valence-electron chi connectivity index (χ3n) is 6.97. The van der Waals surface area contributed by atoms with Gasteiger partial charge in [0.2, 0.25) is 11.8 Å². The highest BCUT2D eigenvalue weighted by Gasteiger charge is 2.43. The fourth-order valence-corrected chi connectivity index (χ4v) is 5.47. The van der Waals surface area contributed by atoms with Gasteiger partial charge >= 0.3 is 0 Å². The van der Waals surface area contributed by atoms with Gasteiger partial charge in [0.15, 0.2) is 0 Å². The van der Waals surface area contributed by atoms with Gasteiger partial charge in [0.1, 0.15) is 17.7 Å². The van der Waals surface area contributed by atoms with Gasteiger partial charge in [-0.25, -0.2) is 8.78 Å². The maximum absolute atomic E-state index is 14.5. The van der Waals surface area contributed by atoms with Crippen LogP contribution in [-0.4, -0.2) is 47.9 Å². The molecular formula is C24H26F2N4O2. The van der Waals surface area contributed by atoms with E-state index in [1.54, 1.807) is 19.1 Å². The fourth-order valence-electron chi connectivity index (χ4n) is 5.47. The first-order valence-electron chi connectivity index (χ1n) is 11.0. The number of carbonyl (C=O) groups is 2. The number of anilines is 3. The molecule has 0 aromatic heterocycles. The summed E-state index contributed by atoms with van der Waals surface area (Å²) >= 11 is 0. The lowest BCUT2D eigenvalue weighted by Crippen LogP contribution is -2.38. The molecule has 1 unspecified atom stereocenters. The van der Waals surface area contributed by atoms with Crippen LogP contribution in [-0.2, 0) is 16.0 Å². The molecule has 3 atom stereocenters. The first kappa shape index (κ1) is 20.7. The fraction of sp³-hybridized carbons (Fsp3) is 0.417. The molecule has 0 saturated carbocycles. The van der Waals surface area contributed by atoms with Gasteiger partial charge < -0.3 is 20.4 Å². The van der Waals surface area contributed by atoms with Crippen LogP contribution in [0.15, 0.2) is 30.3 Å². The largest absolute Gasteiger partial charge is 0.373 e. The van der Waals surface area contributed by atoms with Gasteiger partial charge in [0.05, 0.1) is 12.1 Å². The lowest BCUT2D eigenvalue weighted by Gasteiger charge is -2.27. The second-order valence-electron chi connectivity index (χ2n) is 8.92. The minimum absolute atomic E-state index is 0.0725. The molecule has 2 aromatic rings. The Hall–Kier alpha value is -3.16. The van der Waals surface area contributed by atoms with Gasteiger partial charge in [-0.15, -0.1) is 0 Å². The van der Waals surface area contributed by atoms with Gasteiger partial charge in [-0.1, -0.05) is 6.07 Å². The first-order valence-corrected chi connectivity index (χ1v) is 11.0. The quantitative estimate of drug-likeness (QED) is 0.768. The number of nitrogens with one attached hydrogen (secondary N) is 2. The predicted octanol–water partition coefficient (Wildman–Crippen LogP) is 3.45. The Bertz CT molecular complexity index is 1070. The van der Waals surface area contributed by atoms with Crippen molar-refractivity contribution in [2.45, 2.75) is 51.2 Å². The Morgan fingerprint density at radius 2 is 1.88 bits per heavy atom. The van der Waals surface area contributed by atoms with Gasteiger partial charge in [-0.3, -0.25) is 9.59 Å². The first-order chi connectivity index (χ1) is 15.3. The van der Waals surface area contributed by atoms with Gasteiger partial charge in [0.25, 0.3) is 0 Å². The molecule has 5 rings (SSSR count). The molecule has 2 fully saturated rings. The topological polar surface area (TPSA) is 64.7 Å². The van der Waals surface area contributed by atoms with Crippen LogP contribution in [0, 0.1) is 18.6 Å². The molecule has 3 aliphatic heterocycles. The zero-order valence-corrected chi connectivity index (χ0v) is 18.1. The highest BCUT2D eigenvalue weighted by molar-refractivity contribution is 5.98. The van der Waals surface area contributed by atoms with E-state index in [1.807, 2.05) is 11.8 Å². The van der Waals surface area contributed by atoms with Crippen molar-refractivity contribution in [3.63, 3.8) is 0 Å². The number of nitrogens with zero attached hydrogens (tertiary/aromatic N) is 2. The number of fused-ring (bicyclic) bond motifs is 2. The molecule has 8 heteroatoms. The van der Waals surface area contributed by atoms with E-state index in [2.05, 4.69) is 15.5 Å². The summed E-state index contributed by atoms with van der Waals surface area (Å²) in [4.78, 5) is 28.8. The Kier molecular flexibility index (Phi) is 5.03. The zero-order valence-electron chi connectivity index (χ0n) is 18.1. The molecule has 2 saturated heterocycles. The summed E-state index contributed by atoms with van der Waals surface area (Å²) < 4.78 is 28.6. The molecule has 0 aliphatic carbocycles. The summed E-state index contributed by atoms with van der Waals surface area (Å²) in [6.07, 6.45) is 1.93. The van der Waals surface area contributed by atoms with E-state index in [-0.39, 0.29) is 36.1 Å². The Labute approximate surface area is 185 Å². The second kappa shape index (κ2) is 7.76. The van der Waals surface area contributed by atoms with Crippen LogP contribution < -0.4 is 15.5 Å². The van der Waals surface area contributed by atoms with Crippen molar-refractivity contribution < 1.29 is 18.4 Å². The minimum Gasteiger partial charge on any atom is -0.373 e. The maximum atomic E-state index is 14.5. The predicted molar refractivity (Wildman–Crippen MR) is 119 cm³/mol. The molecular weight excluding hydrogens is 414 g/mol. The number of benzene rings is 2. The van der Waals surface area contributed by atoms with E-state index in [1.165, 1.54) is 18.2 Å². The molecule has 168 valence electrons. The number of carbonyl (C=O) groups excluding carboxylic acids is 2. The second-order valence-corrected chi connectivity index (χ2v) is 8.92. The van der Waals surface area contributed by atoms with Crippen molar-refractivity contribution in [3.8, 4) is 0 Å². The summed E-state index contributed by atoms with van der Waals surface area (Å²) in [5, 5.41) is 5.89. The van der Waals surface area contributed by atoms with E-state index < -0.39 is 11.9 Å². The highest BCUT2D eigenvalue weighted by atomic mass is 19.1. The molecule has 3 heterocycles. The van der Waals surface area contributed by atoms with Crippen LogP contribution in [0.5, 0.6) is 0 Å². The average Bonchev–Trinajstić information content (AvgIpc) is 3.44. The summed E-state index contributed by atoms with van der Waals surface area (Å²) in [5.41, 5.74) is 3.10. The summed E-state index contributed by atoms with van der Waals surface area (Å²) in [6.45, 7) is 4.89. The number of hydrogen-bond acceptors (Lipinski definition) is 4. The van der Waals surface area contributed by atoms with Crippen LogP contribution in [0.4, 0.5) is 25.8 Å². The third kappa shape index (κ3) is 3.47. The summed E-state index contributed by atoms with van der Waals surface area (Å²) in [7, 11) is 0. The third-order valence-corrected chi connectivity index (χ3v) is 6.97. The van der Waals surface area contributed by atoms with Crippen molar-refractivity contribution in [1.82, 2.24) is 4.90 Å². The smallest absolute Gasteiger partial charge is 0.247 e. The molecule has 2 aromatic carbocycles. The van der Waals surface area contributed by atoms with Crippen molar-refractivity contribution >= 4 is 28.9 Å². The molecule has 0 radical (unpaired) electrons. The Morgan fingerprint density at radius 1 is 1.09 bits per heavy atom. The minimum atomic E-state index is -0.623. The standard InChI is InChI=1S/C24H26F2N4O2/c1-13-3-4-19(26)18-12-20(28-23(13)18)24(32)27-16-9-15(25)10-17(11-16)30-8-6-21-22(30)5-7-29(21)14(2)31/h3-4,9-11,20-22,28H,5-8,12H2,1-2H3,(H,27,32)/t20?,21-,22-/m1/s1. The van der Waals surface area contributed by atoms with E-state index >= 15 is 0 Å². The monoisotopic (exact) mass is 440 g/mol. The average molecular weight is 440 g/mol. The molecule has 2 amide bonds. The number of amides is 2. The molecule has 0 spiro atoms. The van der Waals surface area contributed by atoms with Crippen LogP contribution in [0.3, 0.4) is 0 Å². The molecule has 2 N–H and O–H groups in total. The van der Waals surface area contributed by atoms with Gasteiger partial charge in [-0.05, 0) is 49.6 Å². The SMILES string of the molecule is CC(=O)N1CC[C@@H]2[C@H]1CCN2c1cc(F)cc(NC(=O)C2Cc3c(F)ccc(C)c3N2)c1. The maximum Gasteiger partial charge on any atom is 0.247 e. The van der Waals surface area contributed by atoms with Crippen LogP contribution in [0.1, 0.15) is 30.9 Å². The highest BCUT2D eigenvalue weighted by Crippen LogP contribution is 2.37. The number of halogens is 2. The summed E-state index contributed by atoms with van der Waals surface area (Å²) in [6, 6.07) is 7.30. The number of rotatable bonds is 3. The number of hydrogen-bond donors (Lipinski definition) is 2. The van der Waals surface area contributed by atoms with E-state index in [0.717, 1.165) is 24.9 Å². The normalized spacial score (nSPS) is 23.7. The molecule has 6 nitrogen and oxygen atoms in total. The van der Waals surface area contributed by atoms with Crippen molar-refractivity contribution in [3.05, 3.63) is 53.1 Å². The summed E-state index contributed by atoms with van der Waals surface area (Å²) in [5.74, 6) is -1.03. The van der Waals surface area contributed by atoms with Gasteiger partial charge in [0, 0.05) is 49.1 Å².